The fourth-order valence-corrected chi connectivity index (χ4v) is 7.37. The first-order valence-electron chi connectivity index (χ1n) is 9.93. The molecule has 3 N–H and O–H groups in total. The summed E-state index contributed by atoms with van der Waals surface area (Å²) in [4.78, 5) is 12.1. The molecule has 8 atom stereocenters. The molecule has 0 radical (unpaired) electrons. The molecule has 3 fully saturated rings. The zero-order valence-electron chi connectivity index (χ0n) is 15.7. The van der Waals surface area contributed by atoms with E-state index in [9.17, 15) is 20.1 Å². The van der Waals surface area contributed by atoms with Gasteiger partial charge in [-0.05, 0) is 74.2 Å². The van der Waals surface area contributed by atoms with Crippen LogP contribution >= 0.6 is 0 Å². The number of allylic oxidation sites excluding steroid dienone is 2. The Labute approximate surface area is 150 Å². The molecule has 4 aliphatic carbocycles. The van der Waals surface area contributed by atoms with Gasteiger partial charge in [0.15, 0.2) is 5.78 Å². The molecule has 0 bridgehead atoms. The van der Waals surface area contributed by atoms with Gasteiger partial charge in [0.2, 0.25) is 0 Å². The summed E-state index contributed by atoms with van der Waals surface area (Å²) in [6.45, 7) is 6.04. The third-order valence-electron chi connectivity index (χ3n) is 8.79. The van der Waals surface area contributed by atoms with Crippen molar-refractivity contribution < 1.29 is 20.1 Å². The van der Waals surface area contributed by atoms with E-state index in [2.05, 4.69) is 19.9 Å². The minimum absolute atomic E-state index is 0.0767. The summed E-state index contributed by atoms with van der Waals surface area (Å²) in [5.74, 6) is 1.25. The Morgan fingerprint density at radius 2 is 1.88 bits per heavy atom. The zero-order chi connectivity index (χ0) is 18.2. The number of ketones is 1. The smallest absolute Gasteiger partial charge is 0.156 e. The quantitative estimate of drug-likeness (QED) is 0.681. The molecular formula is C21H32O4. The largest absolute Gasteiger partial charge is 0.393 e. The Balaban J connectivity index is 1.70. The number of fused-ring (bicyclic) bond motifs is 5. The third kappa shape index (κ3) is 2.14. The molecule has 4 aliphatic rings. The molecule has 140 valence electrons. The van der Waals surface area contributed by atoms with Crippen molar-refractivity contribution in [3.8, 4) is 0 Å². The first-order chi connectivity index (χ1) is 11.6. The number of Topliss-reactive ketones (excluding diaryl/α,β-unsaturated/α-hetero) is 1. The van der Waals surface area contributed by atoms with Crippen LogP contribution in [-0.2, 0) is 4.79 Å². The van der Waals surface area contributed by atoms with Crippen molar-refractivity contribution in [2.24, 2.45) is 28.6 Å². The zero-order valence-corrected chi connectivity index (χ0v) is 15.7. The summed E-state index contributed by atoms with van der Waals surface area (Å²) >= 11 is 0. The summed E-state index contributed by atoms with van der Waals surface area (Å²) in [7, 11) is 0. The Kier molecular flexibility index (Phi) is 3.82. The van der Waals surface area contributed by atoms with Gasteiger partial charge >= 0.3 is 0 Å². The molecule has 0 spiro atoms. The van der Waals surface area contributed by atoms with Crippen molar-refractivity contribution in [2.75, 3.05) is 0 Å². The molecule has 0 saturated heterocycles. The van der Waals surface area contributed by atoms with Crippen LogP contribution < -0.4 is 0 Å². The van der Waals surface area contributed by atoms with Crippen LogP contribution in [0.4, 0.5) is 0 Å². The monoisotopic (exact) mass is 348 g/mol. The van der Waals surface area contributed by atoms with Gasteiger partial charge in [0.05, 0.1) is 17.8 Å². The van der Waals surface area contributed by atoms with E-state index in [1.165, 1.54) is 0 Å². The van der Waals surface area contributed by atoms with Crippen molar-refractivity contribution in [3.63, 3.8) is 0 Å². The first kappa shape index (κ1) is 17.7. The molecule has 0 aromatic rings. The van der Waals surface area contributed by atoms with Gasteiger partial charge in [-0.15, -0.1) is 0 Å². The Morgan fingerprint density at radius 1 is 1.16 bits per heavy atom. The maximum Gasteiger partial charge on any atom is 0.156 e. The Hall–Kier alpha value is -0.710. The number of aliphatic hydroxyl groups is 3. The van der Waals surface area contributed by atoms with Crippen molar-refractivity contribution in [1.82, 2.24) is 0 Å². The third-order valence-corrected chi connectivity index (χ3v) is 8.79. The number of hydrogen-bond acceptors (Lipinski definition) is 4. The van der Waals surface area contributed by atoms with E-state index in [0.29, 0.717) is 30.6 Å². The molecule has 25 heavy (non-hydrogen) atoms. The van der Waals surface area contributed by atoms with Crippen LogP contribution in [0.25, 0.3) is 0 Å². The number of rotatable bonds is 1. The highest BCUT2D eigenvalue weighted by Crippen LogP contribution is 2.67. The van der Waals surface area contributed by atoms with Gasteiger partial charge in [0.1, 0.15) is 0 Å². The molecule has 0 aromatic carbocycles. The van der Waals surface area contributed by atoms with Crippen LogP contribution in [0.2, 0.25) is 0 Å². The fraction of sp³-hybridized carbons (Fsp3) is 0.857. The van der Waals surface area contributed by atoms with Crippen LogP contribution in [0.3, 0.4) is 0 Å². The topological polar surface area (TPSA) is 77.8 Å². The van der Waals surface area contributed by atoms with E-state index in [0.717, 1.165) is 31.3 Å². The van der Waals surface area contributed by atoms with Gasteiger partial charge in [-0.3, -0.25) is 4.79 Å². The number of carbonyl (C=O) groups is 1. The predicted molar refractivity (Wildman–Crippen MR) is 94.7 cm³/mol. The van der Waals surface area contributed by atoms with E-state index in [4.69, 9.17) is 0 Å². The van der Waals surface area contributed by atoms with Crippen LogP contribution in [0, 0.1) is 28.6 Å². The molecule has 0 unspecified atom stereocenters. The minimum atomic E-state index is -1.19. The van der Waals surface area contributed by atoms with Crippen LogP contribution in [0.1, 0.15) is 65.7 Å². The number of aliphatic hydroxyl groups excluding tert-OH is 2. The molecule has 0 aromatic heterocycles. The van der Waals surface area contributed by atoms with Crippen LogP contribution in [-0.4, -0.2) is 38.9 Å². The highest BCUT2D eigenvalue weighted by Gasteiger charge is 2.66. The van der Waals surface area contributed by atoms with E-state index in [1.54, 1.807) is 6.92 Å². The van der Waals surface area contributed by atoms with Crippen LogP contribution in [0.5, 0.6) is 0 Å². The van der Waals surface area contributed by atoms with E-state index in [1.807, 2.05) is 0 Å². The maximum atomic E-state index is 12.1. The van der Waals surface area contributed by atoms with Crippen molar-refractivity contribution >= 4 is 5.78 Å². The standard InChI is InChI=1S/C21H32O4/c1-12(22)15-4-5-16-14-10-18(24)21(25)11-13(23)6-9-20(21,3)17(14)7-8-19(15,16)2/h4,13-14,16-18,23-25H,5-11H2,1-3H3/t13-,14-,16-,17-,18+,19+,20+,21-/m0/s1. The molecule has 0 heterocycles. The normalized spacial score (nSPS) is 55.0. The molecule has 4 nitrogen and oxygen atoms in total. The molecule has 3 saturated carbocycles. The average molecular weight is 348 g/mol. The first-order valence-corrected chi connectivity index (χ1v) is 9.93. The minimum Gasteiger partial charge on any atom is -0.393 e. The number of hydrogen-bond donors (Lipinski definition) is 3. The lowest BCUT2D eigenvalue weighted by molar-refractivity contribution is -0.262. The summed E-state index contributed by atoms with van der Waals surface area (Å²) in [6.07, 6.45) is 6.04. The van der Waals surface area contributed by atoms with Gasteiger partial charge in [0, 0.05) is 11.8 Å². The summed E-state index contributed by atoms with van der Waals surface area (Å²) in [5.41, 5.74) is -0.633. The van der Waals surface area contributed by atoms with Crippen molar-refractivity contribution in [2.45, 2.75) is 83.5 Å². The number of carbonyl (C=O) groups excluding carboxylic acids is 1. The second-order valence-electron chi connectivity index (χ2n) is 9.73. The van der Waals surface area contributed by atoms with Gasteiger partial charge in [0.25, 0.3) is 0 Å². The van der Waals surface area contributed by atoms with Crippen molar-refractivity contribution in [1.29, 1.82) is 0 Å². The van der Waals surface area contributed by atoms with Gasteiger partial charge in [-0.1, -0.05) is 19.9 Å². The summed E-state index contributed by atoms with van der Waals surface area (Å²) in [5, 5.41) is 32.4. The van der Waals surface area contributed by atoms with Crippen molar-refractivity contribution in [3.05, 3.63) is 11.6 Å². The average Bonchev–Trinajstić information content (AvgIpc) is 2.88. The van der Waals surface area contributed by atoms with Gasteiger partial charge in [-0.2, -0.15) is 0 Å². The van der Waals surface area contributed by atoms with Gasteiger partial charge in [-0.25, -0.2) is 0 Å². The highest BCUT2D eigenvalue weighted by atomic mass is 16.3. The molecule has 4 heteroatoms. The molecule has 4 rings (SSSR count). The lowest BCUT2D eigenvalue weighted by Crippen LogP contribution is -2.68. The second kappa shape index (κ2) is 5.40. The maximum absolute atomic E-state index is 12.1. The predicted octanol–water partition coefficient (Wildman–Crippen LogP) is 2.60. The molecule has 0 amide bonds. The second-order valence-corrected chi connectivity index (χ2v) is 9.73. The lowest BCUT2D eigenvalue weighted by Gasteiger charge is -2.65. The van der Waals surface area contributed by atoms with Gasteiger partial charge < -0.3 is 15.3 Å². The van der Waals surface area contributed by atoms with E-state index in [-0.39, 0.29) is 23.0 Å². The Bertz CT molecular complexity index is 627. The van der Waals surface area contributed by atoms with E-state index >= 15 is 0 Å². The Morgan fingerprint density at radius 3 is 2.56 bits per heavy atom. The molecular weight excluding hydrogens is 316 g/mol. The highest BCUT2D eigenvalue weighted by molar-refractivity contribution is 5.95. The van der Waals surface area contributed by atoms with Crippen LogP contribution in [0.15, 0.2) is 11.6 Å². The lowest BCUT2D eigenvalue weighted by atomic mass is 9.42. The fourth-order valence-electron chi connectivity index (χ4n) is 7.37. The summed E-state index contributed by atoms with van der Waals surface area (Å²) < 4.78 is 0. The molecule has 0 aliphatic heterocycles. The summed E-state index contributed by atoms with van der Waals surface area (Å²) in [6, 6.07) is 0. The SMILES string of the molecule is CC(=O)C1=CC[C@H]2[C@@H]3C[C@@H](O)[C@@]4(O)C[C@@H](O)CC[C@]4(C)[C@H]3CC[C@]12C. The van der Waals surface area contributed by atoms with E-state index < -0.39 is 17.8 Å².